The predicted molar refractivity (Wildman–Crippen MR) is 213 cm³/mol. The van der Waals surface area contributed by atoms with Crippen molar-refractivity contribution in [3.63, 3.8) is 0 Å². The monoisotopic (exact) mass is 773 g/mol. The van der Waals surface area contributed by atoms with Gasteiger partial charge in [0.1, 0.15) is 17.4 Å². The van der Waals surface area contributed by atoms with E-state index in [0.717, 1.165) is 80.4 Å². The number of nitriles is 1. The first-order chi connectivity index (χ1) is 25.8. The van der Waals surface area contributed by atoms with Crippen LogP contribution in [-0.4, -0.2) is 94.5 Å². The number of carbonyl (C=O) groups is 2. The van der Waals surface area contributed by atoms with Gasteiger partial charge in [-0.15, -0.1) is 11.8 Å². The van der Waals surface area contributed by atoms with Crippen molar-refractivity contribution in [1.29, 1.82) is 5.26 Å². The van der Waals surface area contributed by atoms with Crippen molar-refractivity contribution >= 4 is 40.0 Å². The first-order valence-electron chi connectivity index (χ1n) is 19.3. The minimum absolute atomic E-state index is 0.00513. The SMILES string of the molecule is CC1c2ccc(CCCN3CCC(C(=O)Nc4ncc(SCc5ncc(C(C)(C)C)o5)s4)CC3)cc2CCN1C(=O)/C(C#N)=C/C(C)(C)N1CCOCC1. The average molecular weight is 774 g/mol. The Bertz CT molecular complexity index is 1840. The number of rotatable bonds is 12. The van der Waals surface area contributed by atoms with Gasteiger partial charge >= 0.3 is 0 Å². The van der Waals surface area contributed by atoms with Gasteiger partial charge in [0.15, 0.2) is 5.13 Å². The minimum Gasteiger partial charge on any atom is -0.444 e. The zero-order valence-corrected chi connectivity index (χ0v) is 34.3. The summed E-state index contributed by atoms with van der Waals surface area (Å²) in [5.74, 6) is 2.05. The first kappa shape index (κ1) is 40.1. The van der Waals surface area contributed by atoms with E-state index in [4.69, 9.17) is 9.15 Å². The lowest BCUT2D eigenvalue weighted by Crippen LogP contribution is -2.49. The molecule has 0 aliphatic carbocycles. The number of hydrogen-bond acceptors (Lipinski definition) is 11. The van der Waals surface area contributed by atoms with Crippen LogP contribution in [0, 0.1) is 17.2 Å². The maximum atomic E-state index is 13.7. The van der Waals surface area contributed by atoms with Crippen LogP contribution in [0.15, 0.2) is 50.9 Å². The highest BCUT2D eigenvalue weighted by atomic mass is 32.2. The molecular weight excluding hydrogens is 719 g/mol. The highest BCUT2D eigenvalue weighted by Crippen LogP contribution is 2.34. The van der Waals surface area contributed by atoms with E-state index in [0.29, 0.717) is 36.5 Å². The lowest BCUT2D eigenvalue weighted by Gasteiger charge is -2.39. The molecule has 2 saturated heterocycles. The van der Waals surface area contributed by atoms with E-state index in [9.17, 15) is 14.9 Å². The first-order valence-corrected chi connectivity index (χ1v) is 21.1. The van der Waals surface area contributed by atoms with Crippen LogP contribution >= 0.6 is 23.1 Å². The van der Waals surface area contributed by atoms with Crippen molar-refractivity contribution in [2.45, 2.75) is 101 Å². The molecule has 3 aliphatic rings. The van der Waals surface area contributed by atoms with Crippen LogP contribution < -0.4 is 5.32 Å². The Balaban J connectivity index is 0.921. The molecule has 0 radical (unpaired) electrons. The zero-order chi connectivity index (χ0) is 38.5. The minimum atomic E-state index is -0.412. The van der Waals surface area contributed by atoms with Crippen LogP contribution in [0.4, 0.5) is 5.13 Å². The van der Waals surface area contributed by atoms with Crippen molar-refractivity contribution in [2.75, 3.05) is 57.8 Å². The van der Waals surface area contributed by atoms with Gasteiger partial charge in [0.25, 0.3) is 5.91 Å². The fraction of sp³-hybridized carbons (Fsp3) is 0.585. The second-order valence-electron chi connectivity index (χ2n) is 16.2. The van der Waals surface area contributed by atoms with Crippen LogP contribution in [0.1, 0.15) is 95.2 Å². The molecule has 0 bridgehead atoms. The molecule has 54 heavy (non-hydrogen) atoms. The van der Waals surface area contributed by atoms with Crippen molar-refractivity contribution in [2.24, 2.45) is 5.92 Å². The lowest BCUT2D eigenvalue weighted by atomic mass is 9.90. The molecule has 0 spiro atoms. The number of thioether (sulfide) groups is 1. The molecule has 1 atom stereocenters. The number of fused-ring (bicyclic) bond motifs is 1. The van der Waals surface area contributed by atoms with E-state index in [-0.39, 0.29) is 34.8 Å². The average Bonchev–Trinajstić information content (AvgIpc) is 3.83. The van der Waals surface area contributed by atoms with E-state index in [2.05, 4.69) is 90.9 Å². The van der Waals surface area contributed by atoms with E-state index < -0.39 is 5.54 Å². The predicted octanol–water partition coefficient (Wildman–Crippen LogP) is 7.01. The van der Waals surface area contributed by atoms with Gasteiger partial charge in [-0.25, -0.2) is 9.97 Å². The number of nitrogens with one attached hydrogen (secondary N) is 1. The number of morpholine rings is 1. The third-order valence-electron chi connectivity index (χ3n) is 10.9. The van der Waals surface area contributed by atoms with Crippen molar-refractivity contribution in [3.05, 3.63) is 70.6 Å². The highest BCUT2D eigenvalue weighted by molar-refractivity contribution is 8.00. The van der Waals surface area contributed by atoms with E-state index in [1.54, 1.807) is 24.2 Å². The molecule has 2 aromatic heterocycles. The normalized spacial score (nSPS) is 19.4. The molecule has 5 heterocycles. The van der Waals surface area contributed by atoms with Crippen molar-refractivity contribution in [3.8, 4) is 6.07 Å². The molecule has 2 amide bonds. The number of ether oxygens (including phenoxy) is 1. The van der Waals surface area contributed by atoms with E-state index in [1.165, 1.54) is 22.5 Å². The Kier molecular flexibility index (Phi) is 13.0. The molecule has 2 fully saturated rings. The van der Waals surface area contributed by atoms with Crippen LogP contribution in [0.2, 0.25) is 0 Å². The third-order valence-corrected chi connectivity index (χ3v) is 13.0. The van der Waals surface area contributed by atoms with Gasteiger partial charge in [-0.3, -0.25) is 14.5 Å². The van der Waals surface area contributed by atoms with Gasteiger partial charge in [-0.05, 0) is 95.3 Å². The summed E-state index contributed by atoms with van der Waals surface area (Å²) in [6, 6.07) is 8.80. The van der Waals surface area contributed by atoms with Crippen LogP contribution in [0.25, 0.3) is 0 Å². The number of nitrogens with zero attached hydrogens (tertiary/aromatic N) is 6. The zero-order valence-electron chi connectivity index (χ0n) is 32.7. The number of oxazole rings is 1. The Labute approximate surface area is 328 Å². The standard InChI is InChI=1S/C41H55N7O4S2/c1-28-33-10-9-29(22-31(33)13-17-48(28)38(50)32(24-42)23-41(5,6)47-18-20-51-21-19-47)8-7-14-46-15-11-30(12-16-46)37(49)45-39-44-26-36(54-39)53-27-35-43-25-34(52-35)40(2,3)4/h9-10,22-23,25-26,28,30H,7-8,11-21,27H2,1-6H3,(H,44,45,49)/b32-23+. The molecule has 1 N–H and O–H groups in total. The largest absolute Gasteiger partial charge is 0.444 e. The summed E-state index contributed by atoms with van der Waals surface area (Å²) in [4.78, 5) is 42.2. The van der Waals surface area contributed by atoms with Gasteiger partial charge < -0.3 is 24.3 Å². The highest BCUT2D eigenvalue weighted by Gasteiger charge is 2.33. The van der Waals surface area contributed by atoms with Gasteiger partial charge in [-0.2, -0.15) is 5.26 Å². The fourth-order valence-electron chi connectivity index (χ4n) is 7.57. The molecule has 11 nitrogen and oxygen atoms in total. The van der Waals surface area contributed by atoms with Gasteiger partial charge in [-0.1, -0.05) is 50.3 Å². The molecular formula is C41H55N7O4S2. The lowest BCUT2D eigenvalue weighted by molar-refractivity contribution is -0.129. The molecule has 1 aromatic carbocycles. The number of carbonyl (C=O) groups excluding carboxylic acids is 2. The Morgan fingerprint density at radius 2 is 1.83 bits per heavy atom. The van der Waals surface area contributed by atoms with Crippen molar-refractivity contribution in [1.82, 2.24) is 24.7 Å². The number of aryl methyl sites for hydroxylation is 1. The summed E-state index contributed by atoms with van der Waals surface area (Å²) in [6.07, 6.45) is 9.96. The topological polar surface area (TPSA) is 128 Å². The maximum Gasteiger partial charge on any atom is 0.264 e. The Morgan fingerprint density at radius 1 is 1.07 bits per heavy atom. The summed E-state index contributed by atoms with van der Waals surface area (Å²) >= 11 is 3.10. The Morgan fingerprint density at radius 3 is 2.54 bits per heavy atom. The third kappa shape index (κ3) is 10.0. The maximum absolute atomic E-state index is 13.7. The summed E-state index contributed by atoms with van der Waals surface area (Å²) in [5.41, 5.74) is 3.50. The quantitative estimate of drug-likeness (QED) is 0.117. The molecule has 1 unspecified atom stereocenters. The number of likely N-dealkylation sites (tertiary alicyclic amines) is 1. The number of benzene rings is 1. The molecule has 0 saturated carbocycles. The summed E-state index contributed by atoms with van der Waals surface area (Å²) < 4.78 is 12.4. The van der Waals surface area contributed by atoms with Gasteiger partial charge in [0.05, 0.1) is 41.6 Å². The second kappa shape index (κ2) is 17.5. The van der Waals surface area contributed by atoms with Crippen LogP contribution in [0.3, 0.4) is 0 Å². The summed E-state index contributed by atoms with van der Waals surface area (Å²) in [7, 11) is 0. The number of aromatic nitrogens is 2. The van der Waals surface area contributed by atoms with Gasteiger partial charge in [0.2, 0.25) is 11.8 Å². The van der Waals surface area contributed by atoms with E-state index in [1.807, 2.05) is 11.0 Å². The number of thiazole rings is 1. The van der Waals surface area contributed by atoms with Crippen LogP contribution in [0.5, 0.6) is 0 Å². The molecule has 3 aromatic rings. The number of amides is 2. The molecule has 3 aliphatic heterocycles. The summed E-state index contributed by atoms with van der Waals surface area (Å²) in [5, 5.41) is 13.7. The molecule has 6 rings (SSSR count). The van der Waals surface area contributed by atoms with E-state index >= 15 is 0 Å². The van der Waals surface area contributed by atoms with Crippen LogP contribution in [-0.2, 0) is 38.3 Å². The smallest absolute Gasteiger partial charge is 0.264 e. The summed E-state index contributed by atoms with van der Waals surface area (Å²) in [6.45, 7) is 18.8. The number of piperidine rings is 1. The fourth-order valence-corrected chi connectivity index (χ4v) is 9.30. The van der Waals surface area contributed by atoms with Gasteiger partial charge in [0, 0.05) is 36.5 Å². The number of anilines is 1. The van der Waals surface area contributed by atoms with Crippen molar-refractivity contribution < 1.29 is 18.7 Å². The number of hydrogen-bond donors (Lipinski definition) is 1. The second-order valence-corrected chi connectivity index (χ2v) is 18.5. The molecule has 290 valence electrons. The molecule has 13 heteroatoms. The Hall–Kier alpha value is -3.54.